The summed E-state index contributed by atoms with van der Waals surface area (Å²) in [4.78, 5) is 29.6. The minimum absolute atomic E-state index is 0.0141. The molecule has 8 nitrogen and oxygen atoms in total. The summed E-state index contributed by atoms with van der Waals surface area (Å²) >= 11 is 1.44. The van der Waals surface area contributed by atoms with Gasteiger partial charge in [0.25, 0.3) is 5.91 Å². The summed E-state index contributed by atoms with van der Waals surface area (Å²) < 4.78 is 30.8. The largest absolute Gasteiger partial charge is 0.488 e. The fourth-order valence-electron chi connectivity index (χ4n) is 3.09. The second kappa shape index (κ2) is 7.12. The third-order valence-corrected chi connectivity index (χ3v) is 5.77. The number of hydrogen-bond acceptors (Lipinski definition) is 7. The number of carbonyl (C=O) groups excluding carboxylic acids is 2. The lowest BCUT2D eigenvalue weighted by molar-refractivity contribution is -0.143. The van der Waals surface area contributed by atoms with Crippen LogP contribution in [0.3, 0.4) is 0 Å². The lowest BCUT2D eigenvalue weighted by Crippen LogP contribution is -2.69. The van der Waals surface area contributed by atoms with Crippen molar-refractivity contribution >= 4 is 34.1 Å². The molecule has 2 amide bonds. The summed E-state index contributed by atoms with van der Waals surface area (Å²) in [5.74, 6) is -1.49. The molecule has 10 heteroatoms. The van der Waals surface area contributed by atoms with Crippen molar-refractivity contribution < 1.29 is 27.9 Å². The molecule has 1 aliphatic heterocycles. The van der Waals surface area contributed by atoms with Crippen molar-refractivity contribution in [2.75, 3.05) is 13.2 Å². The van der Waals surface area contributed by atoms with E-state index < -0.39 is 23.2 Å². The highest BCUT2D eigenvalue weighted by molar-refractivity contribution is 7.09. The number of thiazole rings is 1. The molecule has 0 saturated carbocycles. The van der Waals surface area contributed by atoms with Gasteiger partial charge < -0.3 is 24.9 Å². The molecule has 3 N–H and O–H groups in total. The summed E-state index contributed by atoms with van der Waals surface area (Å²) in [5.41, 5.74) is 6.72. The number of nitrogens with two attached hydrogens (primary N) is 1. The predicted molar refractivity (Wildman–Crippen MR) is 102 cm³/mol. The first kappa shape index (κ1) is 19.3. The number of furan rings is 1. The highest BCUT2D eigenvalue weighted by Gasteiger charge is 2.46. The Labute approximate surface area is 168 Å². The zero-order valence-corrected chi connectivity index (χ0v) is 16.5. The van der Waals surface area contributed by atoms with Crippen LogP contribution < -0.4 is 15.8 Å². The number of aryl methyl sites for hydroxylation is 2. The molecule has 29 heavy (non-hydrogen) atoms. The van der Waals surface area contributed by atoms with Crippen LogP contribution in [0.5, 0.6) is 5.75 Å². The smallest absolute Gasteiger partial charge is 0.256 e. The van der Waals surface area contributed by atoms with Crippen LogP contribution >= 0.6 is 11.3 Å². The standard InChI is InChI=1S/C19H18FN3O5S/c1-9-14(29-8-22-9)5-27-11-3-12-15(10(2)28-16(12)13(20)4-11)17(24)23-19(18(21)25)6-26-7-19/h3-4,8H,5-7H2,1-2H3,(H2,21,25)(H,23,24). The van der Waals surface area contributed by atoms with Crippen LogP contribution in [0.25, 0.3) is 11.0 Å². The Morgan fingerprint density at radius 3 is 2.72 bits per heavy atom. The third kappa shape index (κ3) is 3.34. The van der Waals surface area contributed by atoms with Gasteiger partial charge in [0.1, 0.15) is 18.1 Å². The monoisotopic (exact) mass is 419 g/mol. The number of carbonyl (C=O) groups is 2. The van der Waals surface area contributed by atoms with E-state index in [2.05, 4.69) is 10.3 Å². The Kier molecular flexibility index (Phi) is 4.75. The lowest BCUT2D eigenvalue weighted by Gasteiger charge is -2.38. The van der Waals surface area contributed by atoms with E-state index in [0.717, 1.165) is 10.6 Å². The fraction of sp³-hybridized carbons (Fsp3) is 0.316. The van der Waals surface area contributed by atoms with Gasteiger partial charge in [0.2, 0.25) is 5.91 Å². The number of fused-ring (bicyclic) bond motifs is 1. The average molecular weight is 419 g/mol. The highest BCUT2D eigenvalue weighted by Crippen LogP contribution is 2.33. The molecule has 152 valence electrons. The van der Waals surface area contributed by atoms with Crippen molar-refractivity contribution in [2.24, 2.45) is 5.73 Å². The number of ether oxygens (including phenoxy) is 2. The fourth-order valence-corrected chi connectivity index (χ4v) is 3.78. The molecular formula is C19H18FN3O5S. The molecule has 0 radical (unpaired) electrons. The third-order valence-electron chi connectivity index (χ3n) is 4.86. The zero-order valence-electron chi connectivity index (χ0n) is 15.7. The average Bonchev–Trinajstić information content (AvgIpc) is 3.18. The Morgan fingerprint density at radius 1 is 1.38 bits per heavy atom. The van der Waals surface area contributed by atoms with Crippen molar-refractivity contribution in [1.29, 1.82) is 0 Å². The van der Waals surface area contributed by atoms with Crippen molar-refractivity contribution in [1.82, 2.24) is 10.3 Å². The molecule has 3 aromatic rings. The first-order valence-electron chi connectivity index (χ1n) is 8.75. The summed E-state index contributed by atoms with van der Waals surface area (Å²) in [6.45, 7) is 3.60. The van der Waals surface area contributed by atoms with Crippen LogP contribution in [0.15, 0.2) is 22.1 Å². The van der Waals surface area contributed by atoms with E-state index >= 15 is 0 Å². The van der Waals surface area contributed by atoms with Gasteiger partial charge in [-0.3, -0.25) is 9.59 Å². The molecule has 1 saturated heterocycles. The predicted octanol–water partition coefficient (Wildman–Crippen LogP) is 2.21. The second-order valence-corrected chi connectivity index (χ2v) is 7.80. The number of primary amides is 1. The number of aromatic nitrogens is 1. The normalized spacial score (nSPS) is 15.1. The first-order valence-corrected chi connectivity index (χ1v) is 9.63. The number of benzene rings is 1. The van der Waals surface area contributed by atoms with E-state index in [0.29, 0.717) is 0 Å². The Balaban J connectivity index is 1.66. The Hall–Kier alpha value is -2.98. The SMILES string of the molecule is Cc1ncsc1COc1cc(F)c2oc(C)c(C(=O)NC3(C(N)=O)COC3)c2c1. The van der Waals surface area contributed by atoms with Crippen LogP contribution in [0.2, 0.25) is 0 Å². The van der Waals surface area contributed by atoms with Crippen LogP contribution in [0.4, 0.5) is 4.39 Å². The van der Waals surface area contributed by atoms with Gasteiger partial charge in [-0.15, -0.1) is 11.3 Å². The van der Waals surface area contributed by atoms with Crippen LogP contribution in [-0.4, -0.2) is 35.6 Å². The minimum atomic E-state index is -1.27. The van der Waals surface area contributed by atoms with E-state index in [9.17, 15) is 14.0 Å². The number of hydrogen-bond donors (Lipinski definition) is 2. The van der Waals surface area contributed by atoms with Crippen molar-refractivity contribution in [3.8, 4) is 5.75 Å². The quantitative estimate of drug-likeness (QED) is 0.633. The summed E-state index contributed by atoms with van der Waals surface area (Å²) in [6.07, 6.45) is 0. The molecule has 1 fully saturated rings. The van der Waals surface area contributed by atoms with Gasteiger partial charge in [0, 0.05) is 11.5 Å². The Morgan fingerprint density at radius 2 is 2.14 bits per heavy atom. The lowest BCUT2D eigenvalue weighted by atomic mass is 9.95. The molecule has 0 bridgehead atoms. The number of nitrogens with one attached hydrogen (secondary N) is 1. The maximum atomic E-state index is 14.6. The molecule has 4 rings (SSSR count). The molecule has 1 aliphatic rings. The van der Waals surface area contributed by atoms with Gasteiger partial charge in [-0.2, -0.15) is 0 Å². The topological polar surface area (TPSA) is 117 Å². The number of nitrogens with zero attached hydrogens (tertiary/aromatic N) is 1. The van der Waals surface area contributed by atoms with Gasteiger partial charge >= 0.3 is 0 Å². The molecule has 0 atom stereocenters. The number of amides is 2. The maximum Gasteiger partial charge on any atom is 0.256 e. The van der Waals surface area contributed by atoms with Crippen molar-refractivity contribution in [3.63, 3.8) is 0 Å². The van der Waals surface area contributed by atoms with Crippen molar-refractivity contribution in [2.45, 2.75) is 26.0 Å². The van der Waals surface area contributed by atoms with E-state index in [1.54, 1.807) is 12.4 Å². The van der Waals surface area contributed by atoms with Gasteiger partial charge in [0.05, 0.1) is 34.9 Å². The van der Waals surface area contributed by atoms with Crippen LogP contribution in [-0.2, 0) is 16.1 Å². The number of rotatable bonds is 6. The van der Waals surface area contributed by atoms with Crippen LogP contribution in [0.1, 0.15) is 26.7 Å². The zero-order chi connectivity index (χ0) is 20.8. The first-order chi connectivity index (χ1) is 13.8. The van der Waals surface area contributed by atoms with Gasteiger partial charge in [-0.05, 0) is 19.9 Å². The van der Waals surface area contributed by atoms with Crippen molar-refractivity contribution in [3.05, 3.63) is 45.4 Å². The van der Waals surface area contributed by atoms with E-state index in [-0.39, 0.29) is 47.9 Å². The molecule has 0 aliphatic carbocycles. The minimum Gasteiger partial charge on any atom is -0.488 e. The molecule has 3 heterocycles. The van der Waals surface area contributed by atoms with Crippen LogP contribution in [0, 0.1) is 19.7 Å². The summed E-state index contributed by atoms with van der Waals surface area (Å²) in [6, 6.07) is 2.74. The molecular weight excluding hydrogens is 401 g/mol. The summed E-state index contributed by atoms with van der Waals surface area (Å²) in [7, 11) is 0. The maximum absolute atomic E-state index is 14.6. The summed E-state index contributed by atoms with van der Waals surface area (Å²) in [5, 5.41) is 2.84. The number of halogens is 1. The van der Waals surface area contributed by atoms with Gasteiger partial charge in [-0.25, -0.2) is 9.37 Å². The van der Waals surface area contributed by atoms with Gasteiger partial charge in [-0.1, -0.05) is 0 Å². The molecule has 0 spiro atoms. The Bertz CT molecular complexity index is 1120. The highest BCUT2D eigenvalue weighted by atomic mass is 32.1. The van der Waals surface area contributed by atoms with Gasteiger partial charge in [0.15, 0.2) is 16.9 Å². The molecule has 0 unspecified atom stereocenters. The van der Waals surface area contributed by atoms with E-state index in [4.69, 9.17) is 19.6 Å². The van der Waals surface area contributed by atoms with E-state index in [1.165, 1.54) is 23.5 Å². The second-order valence-electron chi connectivity index (χ2n) is 6.86. The molecule has 2 aromatic heterocycles. The molecule has 1 aromatic carbocycles. The van der Waals surface area contributed by atoms with E-state index in [1.807, 2.05) is 6.92 Å².